The molecule has 12 heavy (non-hydrogen) atoms. The van der Waals surface area contributed by atoms with Crippen molar-refractivity contribution >= 4 is 23.2 Å². The fourth-order valence-corrected chi connectivity index (χ4v) is 0.962. The van der Waals surface area contributed by atoms with Crippen LogP contribution in [0.3, 0.4) is 0 Å². The van der Waals surface area contributed by atoms with E-state index < -0.39 is 6.29 Å². The Hall–Kier alpha value is -0.440. The summed E-state index contributed by atoms with van der Waals surface area (Å²) in [6.07, 6.45) is -1.01. The van der Waals surface area contributed by atoms with E-state index in [0.717, 1.165) is 0 Å². The molecular formula is C8H8Cl2O2. The van der Waals surface area contributed by atoms with Gasteiger partial charge < -0.3 is 9.84 Å². The van der Waals surface area contributed by atoms with Crippen molar-refractivity contribution < 1.29 is 9.84 Å². The van der Waals surface area contributed by atoms with Crippen LogP contribution in [0, 0.1) is 0 Å². The van der Waals surface area contributed by atoms with Gasteiger partial charge in [0.15, 0.2) is 0 Å². The number of benzene rings is 1. The van der Waals surface area contributed by atoms with Crippen LogP contribution in [0.2, 0.25) is 5.02 Å². The molecule has 4 heteroatoms. The van der Waals surface area contributed by atoms with Gasteiger partial charge in [-0.25, -0.2) is 0 Å². The molecule has 0 spiro atoms. The van der Waals surface area contributed by atoms with Crippen LogP contribution in [-0.2, 0) is 0 Å². The van der Waals surface area contributed by atoms with Gasteiger partial charge in [-0.15, -0.1) is 11.6 Å². The zero-order valence-electron chi connectivity index (χ0n) is 6.21. The van der Waals surface area contributed by atoms with Crippen LogP contribution in [0.5, 0.6) is 5.75 Å². The van der Waals surface area contributed by atoms with Crippen molar-refractivity contribution in [2.24, 2.45) is 0 Å². The Morgan fingerprint density at radius 2 is 2.08 bits per heavy atom. The Morgan fingerprint density at radius 3 is 2.67 bits per heavy atom. The highest BCUT2D eigenvalue weighted by molar-refractivity contribution is 6.32. The normalized spacial score (nSPS) is 12.6. The molecule has 0 radical (unpaired) electrons. The average Bonchev–Trinajstić information content (AvgIpc) is 2.09. The molecule has 0 amide bonds. The Kier molecular flexibility index (Phi) is 3.66. The minimum absolute atomic E-state index is 0.0191. The molecule has 1 rings (SSSR count). The van der Waals surface area contributed by atoms with Crippen molar-refractivity contribution in [2.45, 2.75) is 6.29 Å². The summed E-state index contributed by atoms with van der Waals surface area (Å²) < 4.78 is 4.99. The molecule has 0 aliphatic heterocycles. The SMILES string of the molecule is OC(CCl)Oc1ccccc1Cl. The van der Waals surface area contributed by atoms with Crippen LogP contribution in [0.4, 0.5) is 0 Å². The van der Waals surface area contributed by atoms with Gasteiger partial charge in [0.2, 0.25) is 6.29 Å². The topological polar surface area (TPSA) is 29.5 Å². The number of ether oxygens (including phenoxy) is 1. The fraction of sp³-hybridized carbons (Fsp3) is 0.250. The number of para-hydroxylation sites is 1. The molecule has 66 valence electrons. The van der Waals surface area contributed by atoms with Crippen molar-refractivity contribution in [2.75, 3.05) is 5.88 Å². The third-order valence-electron chi connectivity index (χ3n) is 1.23. The Bertz CT molecular complexity index is 253. The summed E-state index contributed by atoms with van der Waals surface area (Å²) in [6.45, 7) is 0. The van der Waals surface area contributed by atoms with Crippen molar-refractivity contribution in [3.05, 3.63) is 29.3 Å². The number of alkyl halides is 1. The molecule has 1 N–H and O–H groups in total. The largest absolute Gasteiger partial charge is 0.462 e. The van der Waals surface area contributed by atoms with E-state index in [9.17, 15) is 0 Å². The summed E-state index contributed by atoms with van der Waals surface area (Å²) in [6, 6.07) is 6.89. The molecular weight excluding hydrogens is 199 g/mol. The summed E-state index contributed by atoms with van der Waals surface area (Å²) in [5.74, 6) is 0.456. The number of rotatable bonds is 3. The van der Waals surface area contributed by atoms with Gasteiger partial charge in [-0.05, 0) is 12.1 Å². The van der Waals surface area contributed by atoms with Gasteiger partial charge in [0.1, 0.15) is 5.75 Å². The number of halogens is 2. The summed E-state index contributed by atoms with van der Waals surface area (Å²) in [5, 5.41) is 9.48. The molecule has 0 fully saturated rings. The van der Waals surface area contributed by atoms with Crippen LogP contribution < -0.4 is 4.74 Å². The lowest BCUT2D eigenvalue weighted by Gasteiger charge is -2.10. The Balaban J connectivity index is 2.69. The van der Waals surface area contributed by atoms with E-state index in [-0.39, 0.29) is 5.88 Å². The lowest BCUT2D eigenvalue weighted by Crippen LogP contribution is -2.16. The van der Waals surface area contributed by atoms with Gasteiger partial charge in [-0.3, -0.25) is 0 Å². The summed E-state index contributed by atoms with van der Waals surface area (Å²) in [7, 11) is 0. The lowest BCUT2D eigenvalue weighted by atomic mass is 10.3. The van der Waals surface area contributed by atoms with Gasteiger partial charge in [0.25, 0.3) is 0 Å². The lowest BCUT2D eigenvalue weighted by molar-refractivity contribution is 0.00278. The van der Waals surface area contributed by atoms with Crippen molar-refractivity contribution in [1.82, 2.24) is 0 Å². The molecule has 1 aromatic carbocycles. The van der Waals surface area contributed by atoms with E-state index >= 15 is 0 Å². The first kappa shape index (κ1) is 9.65. The van der Waals surface area contributed by atoms with E-state index in [4.69, 9.17) is 33.0 Å². The average molecular weight is 207 g/mol. The minimum Gasteiger partial charge on any atom is -0.462 e. The number of aliphatic hydroxyl groups excluding tert-OH is 1. The zero-order valence-corrected chi connectivity index (χ0v) is 7.72. The standard InChI is InChI=1S/C8H8Cl2O2/c9-5-8(11)12-7-4-2-1-3-6(7)10/h1-4,8,11H,5H2. The second-order valence-corrected chi connectivity index (χ2v) is 2.87. The molecule has 2 nitrogen and oxygen atoms in total. The first-order valence-electron chi connectivity index (χ1n) is 3.39. The van der Waals surface area contributed by atoms with Gasteiger partial charge in [-0.1, -0.05) is 23.7 Å². The number of hydrogen-bond acceptors (Lipinski definition) is 2. The first-order chi connectivity index (χ1) is 5.74. The van der Waals surface area contributed by atoms with Crippen molar-refractivity contribution in [1.29, 1.82) is 0 Å². The minimum atomic E-state index is -1.01. The molecule has 1 unspecified atom stereocenters. The quantitative estimate of drug-likeness (QED) is 0.608. The maximum atomic E-state index is 9.02. The highest BCUT2D eigenvalue weighted by atomic mass is 35.5. The summed E-state index contributed by atoms with van der Waals surface area (Å²) in [5.41, 5.74) is 0. The monoisotopic (exact) mass is 206 g/mol. The highest BCUT2D eigenvalue weighted by Gasteiger charge is 2.05. The fourth-order valence-electron chi connectivity index (χ4n) is 0.718. The maximum Gasteiger partial charge on any atom is 0.211 e. The second kappa shape index (κ2) is 4.55. The first-order valence-corrected chi connectivity index (χ1v) is 4.30. The summed E-state index contributed by atoms with van der Waals surface area (Å²) >= 11 is 11.1. The van der Waals surface area contributed by atoms with Gasteiger partial charge in [0, 0.05) is 0 Å². The third-order valence-corrected chi connectivity index (χ3v) is 1.81. The van der Waals surface area contributed by atoms with Crippen LogP contribution in [0.1, 0.15) is 0 Å². The third kappa shape index (κ3) is 2.55. The van der Waals surface area contributed by atoms with Crippen LogP contribution in [-0.4, -0.2) is 17.3 Å². The van der Waals surface area contributed by atoms with Crippen LogP contribution in [0.15, 0.2) is 24.3 Å². The van der Waals surface area contributed by atoms with Gasteiger partial charge >= 0.3 is 0 Å². The summed E-state index contributed by atoms with van der Waals surface area (Å²) in [4.78, 5) is 0. The number of aliphatic hydroxyl groups is 1. The molecule has 0 heterocycles. The molecule has 0 saturated heterocycles. The van der Waals surface area contributed by atoms with E-state index in [2.05, 4.69) is 0 Å². The predicted octanol–water partition coefficient (Wildman–Crippen LogP) is 2.28. The molecule has 0 bridgehead atoms. The van der Waals surface area contributed by atoms with Crippen LogP contribution in [0.25, 0.3) is 0 Å². The molecule has 1 aromatic rings. The molecule has 0 aromatic heterocycles. The predicted molar refractivity (Wildman–Crippen MR) is 48.8 cm³/mol. The van der Waals surface area contributed by atoms with Gasteiger partial charge in [-0.2, -0.15) is 0 Å². The van der Waals surface area contributed by atoms with E-state index in [1.165, 1.54) is 0 Å². The van der Waals surface area contributed by atoms with Gasteiger partial charge in [0.05, 0.1) is 10.9 Å². The molecule has 0 aliphatic rings. The highest BCUT2D eigenvalue weighted by Crippen LogP contribution is 2.23. The van der Waals surface area contributed by atoms with Crippen molar-refractivity contribution in [3.63, 3.8) is 0 Å². The van der Waals surface area contributed by atoms with Crippen LogP contribution >= 0.6 is 23.2 Å². The molecule has 1 atom stereocenters. The van der Waals surface area contributed by atoms with E-state index in [1.54, 1.807) is 24.3 Å². The Morgan fingerprint density at radius 1 is 1.42 bits per heavy atom. The number of hydrogen-bond donors (Lipinski definition) is 1. The second-order valence-electron chi connectivity index (χ2n) is 2.16. The Labute approximate surface area is 80.7 Å². The van der Waals surface area contributed by atoms with E-state index in [1.807, 2.05) is 0 Å². The molecule has 0 aliphatic carbocycles. The molecule has 0 saturated carbocycles. The smallest absolute Gasteiger partial charge is 0.211 e. The van der Waals surface area contributed by atoms with E-state index in [0.29, 0.717) is 10.8 Å². The zero-order chi connectivity index (χ0) is 8.97. The van der Waals surface area contributed by atoms with Crippen molar-refractivity contribution in [3.8, 4) is 5.75 Å². The maximum absolute atomic E-state index is 9.02.